The van der Waals surface area contributed by atoms with Gasteiger partial charge in [-0.15, -0.1) is 0 Å². The van der Waals surface area contributed by atoms with Gasteiger partial charge in [0.1, 0.15) is 0 Å². The molecule has 0 radical (unpaired) electrons. The fourth-order valence-corrected chi connectivity index (χ4v) is 2.86. The molecule has 3 heteroatoms. The molecule has 0 aliphatic heterocycles. The van der Waals surface area contributed by atoms with Crippen LogP contribution in [-0.2, 0) is 0 Å². The van der Waals surface area contributed by atoms with Gasteiger partial charge in [-0.1, -0.05) is 48.8 Å². The van der Waals surface area contributed by atoms with Gasteiger partial charge in [0.05, 0.1) is 0 Å². The van der Waals surface area contributed by atoms with E-state index < -0.39 is 0 Å². The van der Waals surface area contributed by atoms with Crippen LogP contribution in [0.15, 0.2) is 28.7 Å². The van der Waals surface area contributed by atoms with Crippen LogP contribution in [-0.4, -0.2) is 32.1 Å². The SMILES string of the molecule is CNC(CCN(C)CC(C)(C)C)c1cccc(Br)c1. The number of hydrogen-bond acceptors (Lipinski definition) is 2. The Kier molecular flexibility index (Phi) is 6.51. The molecule has 0 amide bonds. The van der Waals surface area contributed by atoms with Crippen molar-refractivity contribution in [2.75, 3.05) is 27.2 Å². The molecule has 0 aromatic heterocycles. The summed E-state index contributed by atoms with van der Waals surface area (Å²) < 4.78 is 1.15. The first kappa shape index (κ1) is 16.7. The fourth-order valence-electron chi connectivity index (χ4n) is 2.44. The molecule has 0 spiro atoms. The van der Waals surface area contributed by atoms with Crippen molar-refractivity contribution in [3.63, 3.8) is 0 Å². The van der Waals surface area contributed by atoms with Gasteiger partial charge in [0.25, 0.3) is 0 Å². The van der Waals surface area contributed by atoms with Crippen molar-refractivity contribution in [3.8, 4) is 0 Å². The molecule has 0 aliphatic rings. The van der Waals surface area contributed by atoms with E-state index in [-0.39, 0.29) is 0 Å². The van der Waals surface area contributed by atoms with E-state index >= 15 is 0 Å². The Balaban J connectivity index is 2.54. The van der Waals surface area contributed by atoms with Crippen LogP contribution in [0.3, 0.4) is 0 Å². The highest BCUT2D eigenvalue weighted by Crippen LogP contribution is 2.21. The maximum Gasteiger partial charge on any atom is 0.0330 e. The predicted octanol–water partition coefficient (Wildman–Crippen LogP) is 4.08. The van der Waals surface area contributed by atoms with E-state index in [0.29, 0.717) is 11.5 Å². The minimum atomic E-state index is 0.361. The van der Waals surface area contributed by atoms with Gasteiger partial charge in [-0.3, -0.25) is 0 Å². The van der Waals surface area contributed by atoms with Crippen LogP contribution in [0.25, 0.3) is 0 Å². The second-order valence-electron chi connectivity index (χ2n) is 6.48. The van der Waals surface area contributed by atoms with Crippen molar-refractivity contribution in [1.82, 2.24) is 10.2 Å². The molecule has 1 aromatic carbocycles. The zero-order valence-electron chi connectivity index (χ0n) is 12.8. The third kappa shape index (κ3) is 6.55. The highest BCUT2D eigenvalue weighted by Gasteiger charge is 2.15. The van der Waals surface area contributed by atoms with Crippen LogP contribution in [0.4, 0.5) is 0 Å². The summed E-state index contributed by atoms with van der Waals surface area (Å²) in [5, 5.41) is 3.42. The second-order valence-corrected chi connectivity index (χ2v) is 7.40. The Bertz CT molecular complexity index is 385. The summed E-state index contributed by atoms with van der Waals surface area (Å²) in [6.45, 7) is 9.09. The second kappa shape index (κ2) is 7.41. The number of hydrogen-bond donors (Lipinski definition) is 1. The minimum Gasteiger partial charge on any atom is -0.313 e. The van der Waals surface area contributed by atoms with E-state index in [9.17, 15) is 0 Å². The molecule has 0 fully saturated rings. The summed E-state index contributed by atoms with van der Waals surface area (Å²) >= 11 is 3.54. The first-order chi connectivity index (χ1) is 8.81. The molecule has 1 rings (SSSR count). The number of benzene rings is 1. The largest absolute Gasteiger partial charge is 0.313 e. The molecule has 19 heavy (non-hydrogen) atoms. The molecule has 1 aromatic rings. The summed E-state index contributed by atoms with van der Waals surface area (Å²) in [7, 11) is 4.24. The number of nitrogens with one attached hydrogen (secondary N) is 1. The van der Waals surface area contributed by atoms with Gasteiger partial charge in [0.2, 0.25) is 0 Å². The summed E-state index contributed by atoms with van der Waals surface area (Å²) in [5.41, 5.74) is 1.71. The molecule has 1 N–H and O–H groups in total. The van der Waals surface area contributed by atoms with E-state index in [2.05, 4.69) is 78.2 Å². The summed E-state index contributed by atoms with van der Waals surface area (Å²) in [6.07, 6.45) is 1.12. The maximum absolute atomic E-state index is 3.54. The lowest BCUT2D eigenvalue weighted by molar-refractivity contribution is 0.218. The van der Waals surface area contributed by atoms with Crippen molar-refractivity contribution in [3.05, 3.63) is 34.3 Å². The molecule has 1 atom stereocenters. The zero-order valence-corrected chi connectivity index (χ0v) is 14.4. The molecule has 0 saturated heterocycles. The minimum absolute atomic E-state index is 0.361. The van der Waals surface area contributed by atoms with Gasteiger partial charge in [-0.2, -0.15) is 0 Å². The highest BCUT2D eigenvalue weighted by molar-refractivity contribution is 9.10. The van der Waals surface area contributed by atoms with Crippen LogP contribution in [0, 0.1) is 5.41 Å². The number of rotatable bonds is 6. The molecule has 0 aliphatic carbocycles. The molecular weight excluding hydrogens is 300 g/mol. The smallest absolute Gasteiger partial charge is 0.0330 e. The van der Waals surface area contributed by atoms with Gasteiger partial charge in [0, 0.05) is 17.1 Å². The average Bonchev–Trinajstić information content (AvgIpc) is 2.27. The molecule has 1 unspecified atom stereocenters. The first-order valence-corrected chi connectivity index (χ1v) is 7.72. The molecular formula is C16H27BrN2. The third-order valence-electron chi connectivity index (χ3n) is 3.14. The molecule has 108 valence electrons. The molecule has 0 bridgehead atoms. The van der Waals surface area contributed by atoms with E-state index in [1.165, 1.54) is 5.56 Å². The normalized spacial score (nSPS) is 13.8. The summed E-state index contributed by atoms with van der Waals surface area (Å²) in [5.74, 6) is 0. The van der Waals surface area contributed by atoms with Crippen molar-refractivity contribution in [2.45, 2.75) is 33.2 Å². The van der Waals surface area contributed by atoms with E-state index in [0.717, 1.165) is 24.0 Å². The average molecular weight is 327 g/mol. The monoisotopic (exact) mass is 326 g/mol. The summed E-state index contributed by atoms with van der Waals surface area (Å²) in [4.78, 5) is 2.42. The maximum atomic E-state index is 3.54. The quantitative estimate of drug-likeness (QED) is 0.847. The lowest BCUT2D eigenvalue weighted by atomic mass is 9.96. The zero-order chi connectivity index (χ0) is 14.5. The van der Waals surface area contributed by atoms with Gasteiger partial charge < -0.3 is 10.2 Å². The fraction of sp³-hybridized carbons (Fsp3) is 0.625. The number of nitrogens with zero attached hydrogens (tertiary/aromatic N) is 1. The summed E-state index contributed by atoms with van der Waals surface area (Å²) in [6, 6.07) is 8.98. The molecule has 0 heterocycles. The first-order valence-electron chi connectivity index (χ1n) is 6.93. The Hall–Kier alpha value is -0.380. The van der Waals surface area contributed by atoms with Crippen LogP contribution >= 0.6 is 15.9 Å². The molecule has 2 nitrogen and oxygen atoms in total. The number of halogens is 1. The third-order valence-corrected chi connectivity index (χ3v) is 3.64. The van der Waals surface area contributed by atoms with Crippen LogP contribution in [0.2, 0.25) is 0 Å². The Morgan fingerprint density at radius 1 is 1.32 bits per heavy atom. The molecule has 0 saturated carbocycles. The lowest BCUT2D eigenvalue weighted by Crippen LogP contribution is -2.32. The van der Waals surface area contributed by atoms with Crippen molar-refractivity contribution >= 4 is 15.9 Å². The Morgan fingerprint density at radius 2 is 2.00 bits per heavy atom. The van der Waals surface area contributed by atoms with Crippen molar-refractivity contribution in [2.24, 2.45) is 5.41 Å². The van der Waals surface area contributed by atoms with E-state index in [4.69, 9.17) is 0 Å². The van der Waals surface area contributed by atoms with E-state index in [1.807, 2.05) is 7.05 Å². The Morgan fingerprint density at radius 3 is 2.53 bits per heavy atom. The van der Waals surface area contributed by atoms with Gasteiger partial charge >= 0.3 is 0 Å². The topological polar surface area (TPSA) is 15.3 Å². The van der Waals surface area contributed by atoms with Gasteiger partial charge in [-0.25, -0.2) is 0 Å². The van der Waals surface area contributed by atoms with Crippen molar-refractivity contribution < 1.29 is 0 Å². The predicted molar refractivity (Wildman–Crippen MR) is 87.5 cm³/mol. The van der Waals surface area contributed by atoms with Gasteiger partial charge in [0.15, 0.2) is 0 Å². The van der Waals surface area contributed by atoms with Crippen LogP contribution < -0.4 is 5.32 Å². The lowest BCUT2D eigenvalue weighted by Gasteiger charge is -2.28. The standard InChI is InChI=1S/C16H27BrN2/c1-16(2,3)12-19(5)10-9-15(18-4)13-7-6-8-14(17)11-13/h6-8,11,15,18H,9-10,12H2,1-5H3. The van der Waals surface area contributed by atoms with E-state index in [1.54, 1.807) is 0 Å². The van der Waals surface area contributed by atoms with Gasteiger partial charge in [-0.05, 0) is 50.2 Å². The van der Waals surface area contributed by atoms with Crippen LogP contribution in [0.5, 0.6) is 0 Å². The highest BCUT2D eigenvalue weighted by atomic mass is 79.9. The van der Waals surface area contributed by atoms with Crippen molar-refractivity contribution in [1.29, 1.82) is 0 Å². The Labute approximate surface area is 126 Å². The van der Waals surface area contributed by atoms with Crippen LogP contribution in [0.1, 0.15) is 38.8 Å².